The molecule has 0 fully saturated rings. The number of nitrogens with one attached hydrogen (secondary N) is 1. The zero-order chi connectivity index (χ0) is 15.6. The van der Waals surface area contributed by atoms with Crippen molar-refractivity contribution in [3.8, 4) is 0 Å². The molecule has 1 N–H and O–H groups in total. The fourth-order valence-corrected chi connectivity index (χ4v) is 2.76. The Morgan fingerprint density at radius 2 is 1.77 bits per heavy atom. The molecule has 0 aliphatic heterocycles. The molecule has 22 heavy (non-hydrogen) atoms. The highest BCUT2D eigenvalue weighted by atomic mass is 32.1. The van der Waals surface area contributed by atoms with Gasteiger partial charge in [-0.25, -0.2) is 4.98 Å². The summed E-state index contributed by atoms with van der Waals surface area (Å²) in [4.78, 5) is 4.29. The molecule has 7 heteroatoms. The number of fused-ring (bicyclic) bond motifs is 1. The van der Waals surface area contributed by atoms with Crippen LogP contribution >= 0.6 is 11.3 Å². The Hall–Kier alpha value is -2.41. The molecule has 0 atom stereocenters. The number of para-hydroxylation sites is 1. The zero-order valence-electron chi connectivity index (χ0n) is 11.1. The lowest BCUT2D eigenvalue weighted by Gasteiger charge is -2.08. The van der Waals surface area contributed by atoms with E-state index in [1.54, 1.807) is 0 Å². The van der Waals surface area contributed by atoms with Crippen LogP contribution in [0.4, 0.5) is 18.3 Å². The average Bonchev–Trinajstić information content (AvgIpc) is 2.89. The maximum atomic E-state index is 12.8. The van der Waals surface area contributed by atoms with Gasteiger partial charge in [-0.05, 0) is 18.2 Å². The zero-order valence-corrected chi connectivity index (χ0v) is 11.9. The first-order chi connectivity index (χ1) is 10.5. The average molecular weight is 321 g/mol. The van der Waals surface area contributed by atoms with Crippen molar-refractivity contribution in [2.45, 2.75) is 6.18 Å². The molecule has 1 heterocycles. The second-order valence-corrected chi connectivity index (χ2v) is 5.47. The number of anilines is 1. The number of halogens is 3. The van der Waals surface area contributed by atoms with E-state index in [9.17, 15) is 13.2 Å². The molecule has 3 aromatic rings. The molecule has 0 saturated carbocycles. The highest BCUT2D eigenvalue weighted by molar-refractivity contribution is 7.22. The van der Waals surface area contributed by atoms with Crippen LogP contribution in [0.1, 0.15) is 11.1 Å². The van der Waals surface area contributed by atoms with Crippen LogP contribution in [0, 0.1) is 0 Å². The number of nitrogens with zero attached hydrogens (tertiary/aromatic N) is 2. The molecule has 0 saturated heterocycles. The molecule has 0 unspecified atom stereocenters. The fraction of sp³-hybridized carbons (Fsp3) is 0.0667. The first kappa shape index (κ1) is 14.5. The van der Waals surface area contributed by atoms with Gasteiger partial charge in [0.15, 0.2) is 0 Å². The third-order valence-corrected chi connectivity index (χ3v) is 3.86. The number of rotatable bonds is 3. The Kier molecular flexibility index (Phi) is 3.81. The SMILES string of the molecule is FC(F)(F)c1ccccc1/C=N/Nc1nc2ccccc2s1. The van der Waals surface area contributed by atoms with E-state index in [1.807, 2.05) is 24.3 Å². The van der Waals surface area contributed by atoms with E-state index in [0.717, 1.165) is 22.5 Å². The van der Waals surface area contributed by atoms with Gasteiger partial charge in [0, 0.05) is 5.56 Å². The van der Waals surface area contributed by atoms with Crippen LogP contribution in [-0.4, -0.2) is 11.2 Å². The van der Waals surface area contributed by atoms with E-state index in [4.69, 9.17) is 0 Å². The number of aromatic nitrogens is 1. The van der Waals surface area contributed by atoms with Crippen molar-refractivity contribution in [3.05, 3.63) is 59.7 Å². The Morgan fingerprint density at radius 1 is 1.05 bits per heavy atom. The number of benzene rings is 2. The summed E-state index contributed by atoms with van der Waals surface area (Å²) >= 11 is 1.38. The van der Waals surface area contributed by atoms with Gasteiger partial charge < -0.3 is 0 Å². The first-order valence-corrected chi connectivity index (χ1v) is 7.16. The number of hydrogen-bond acceptors (Lipinski definition) is 4. The summed E-state index contributed by atoms with van der Waals surface area (Å²) in [6.07, 6.45) is -3.26. The molecule has 0 aliphatic carbocycles. The lowest BCUT2D eigenvalue weighted by molar-refractivity contribution is -0.137. The summed E-state index contributed by atoms with van der Waals surface area (Å²) in [5.74, 6) is 0. The van der Waals surface area contributed by atoms with E-state index in [2.05, 4.69) is 15.5 Å². The van der Waals surface area contributed by atoms with Gasteiger partial charge >= 0.3 is 6.18 Å². The number of alkyl halides is 3. The van der Waals surface area contributed by atoms with Crippen molar-refractivity contribution in [1.82, 2.24) is 4.98 Å². The standard InChI is InChI=1S/C15H10F3N3S/c16-15(17,18)11-6-2-1-5-10(11)9-19-21-14-20-12-7-3-4-8-13(12)22-14/h1-9H,(H,20,21)/b19-9+. The lowest BCUT2D eigenvalue weighted by Crippen LogP contribution is -2.08. The fourth-order valence-electron chi connectivity index (χ4n) is 1.94. The van der Waals surface area contributed by atoms with Crippen LogP contribution in [0.5, 0.6) is 0 Å². The molecule has 3 rings (SSSR count). The third-order valence-electron chi connectivity index (χ3n) is 2.92. The van der Waals surface area contributed by atoms with E-state index >= 15 is 0 Å². The second-order valence-electron chi connectivity index (χ2n) is 4.44. The van der Waals surface area contributed by atoms with Gasteiger partial charge in [0.2, 0.25) is 5.13 Å². The molecule has 3 nitrogen and oxygen atoms in total. The van der Waals surface area contributed by atoms with Crippen molar-refractivity contribution >= 4 is 32.9 Å². The quantitative estimate of drug-likeness (QED) is 0.558. The highest BCUT2D eigenvalue weighted by Crippen LogP contribution is 2.31. The summed E-state index contributed by atoms with van der Waals surface area (Å²) < 4.78 is 39.5. The molecule has 0 amide bonds. The monoisotopic (exact) mass is 321 g/mol. The van der Waals surface area contributed by atoms with Crippen LogP contribution in [0.15, 0.2) is 53.6 Å². The molecule has 0 aliphatic rings. The molecule has 112 valence electrons. The lowest BCUT2D eigenvalue weighted by atomic mass is 10.1. The van der Waals surface area contributed by atoms with Crippen LogP contribution in [-0.2, 0) is 6.18 Å². The Balaban J connectivity index is 1.80. The Bertz CT molecular complexity index is 791. The second kappa shape index (κ2) is 5.76. The minimum absolute atomic E-state index is 0.00334. The van der Waals surface area contributed by atoms with Crippen molar-refractivity contribution < 1.29 is 13.2 Å². The van der Waals surface area contributed by atoms with E-state index in [0.29, 0.717) is 5.13 Å². The van der Waals surface area contributed by atoms with Crippen molar-refractivity contribution in [2.75, 3.05) is 5.43 Å². The summed E-state index contributed by atoms with van der Waals surface area (Å²) in [6.45, 7) is 0. The smallest absolute Gasteiger partial charge is 0.253 e. The van der Waals surface area contributed by atoms with Crippen molar-refractivity contribution in [1.29, 1.82) is 0 Å². The molecule has 2 aromatic carbocycles. The van der Waals surface area contributed by atoms with Crippen LogP contribution in [0.25, 0.3) is 10.2 Å². The predicted octanol–water partition coefficient (Wildman–Crippen LogP) is 4.76. The summed E-state index contributed by atoms with van der Waals surface area (Å²) in [5, 5.41) is 4.38. The topological polar surface area (TPSA) is 37.3 Å². The van der Waals surface area contributed by atoms with Crippen LogP contribution in [0.2, 0.25) is 0 Å². The van der Waals surface area contributed by atoms with E-state index < -0.39 is 11.7 Å². The molecule has 0 radical (unpaired) electrons. The molecule has 0 bridgehead atoms. The third kappa shape index (κ3) is 3.09. The number of hydrogen-bond donors (Lipinski definition) is 1. The summed E-state index contributed by atoms with van der Waals surface area (Å²) in [6, 6.07) is 12.8. The summed E-state index contributed by atoms with van der Waals surface area (Å²) in [7, 11) is 0. The number of thiazole rings is 1. The highest BCUT2D eigenvalue weighted by Gasteiger charge is 2.32. The number of hydrazone groups is 1. The largest absolute Gasteiger partial charge is 0.417 e. The van der Waals surface area contributed by atoms with E-state index in [-0.39, 0.29) is 5.56 Å². The predicted molar refractivity (Wildman–Crippen MR) is 82.3 cm³/mol. The molecular formula is C15H10F3N3S. The normalized spacial score (nSPS) is 12.1. The molecule has 1 aromatic heterocycles. The summed E-state index contributed by atoms with van der Waals surface area (Å²) in [5.41, 5.74) is 2.78. The van der Waals surface area contributed by atoms with Gasteiger partial charge in [-0.2, -0.15) is 18.3 Å². The maximum Gasteiger partial charge on any atom is 0.417 e. The Labute approximate surface area is 128 Å². The van der Waals surface area contributed by atoms with Gasteiger partial charge in [-0.3, -0.25) is 5.43 Å². The first-order valence-electron chi connectivity index (χ1n) is 6.35. The van der Waals surface area contributed by atoms with Gasteiger partial charge in [0.1, 0.15) is 0 Å². The van der Waals surface area contributed by atoms with Gasteiger partial charge in [0.05, 0.1) is 22.0 Å². The van der Waals surface area contributed by atoms with Crippen molar-refractivity contribution in [2.24, 2.45) is 5.10 Å². The van der Waals surface area contributed by atoms with E-state index in [1.165, 1.54) is 29.5 Å². The molecule has 0 spiro atoms. The van der Waals surface area contributed by atoms with Crippen LogP contribution in [0.3, 0.4) is 0 Å². The van der Waals surface area contributed by atoms with Crippen molar-refractivity contribution in [3.63, 3.8) is 0 Å². The van der Waals surface area contributed by atoms with Gasteiger partial charge in [-0.15, -0.1) is 0 Å². The maximum absolute atomic E-state index is 12.8. The van der Waals surface area contributed by atoms with Crippen LogP contribution < -0.4 is 5.43 Å². The van der Waals surface area contributed by atoms with Gasteiger partial charge in [-0.1, -0.05) is 41.7 Å². The molecular weight excluding hydrogens is 311 g/mol. The Morgan fingerprint density at radius 3 is 2.55 bits per heavy atom. The minimum Gasteiger partial charge on any atom is -0.253 e. The van der Waals surface area contributed by atoms with Gasteiger partial charge in [0.25, 0.3) is 0 Å². The minimum atomic E-state index is -4.40.